The van der Waals surface area contributed by atoms with Gasteiger partial charge >= 0.3 is 0 Å². The Kier molecular flexibility index (Phi) is 4.79. The molecular weight excluding hydrogens is 507 g/mol. The van der Waals surface area contributed by atoms with E-state index in [4.69, 9.17) is 0 Å². The minimum absolute atomic E-state index is 0.161. The van der Waals surface area contributed by atoms with E-state index in [9.17, 15) is 0 Å². The van der Waals surface area contributed by atoms with Gasteiger partial charge in [-0.05, 0) is 63.6 Å². The minimum atomic E-state index is -0.161. The van der Waals surface area contributed by atoms with Gasteiger partial charge in [-0.15, -0.1) is 0 Å². The normalized spacial score (nSPS) is 13.9. The van der Waals surface area contributed by atoms with Crippen LogP contribution in [0.25, 0.3) is 49.7 Å². The molecule has 9 rings (SSSR count). The monoisotopic (exact) mass is 536 g/mol. The molecule has 0 atom stereocenters. The van der Waals surface area contributed by atoms with E-state index in [2.05, 4.69) is 151 Å². The average Bonchev–Trinajstić information content (AvgIpc) is 3.49. The zero-order valence-corrected chi connectivity index (χ0v) is 23.8. The molecule has 198 valence electrons. The summed E-state index contributed by atoms with van der Waals surface area (Å²) < 4.78 is 2.55. The maximum atomic E-state index is 3.78. The average molecular weight is 536 g/mol. The molecule has 0 bridgehead atoms. The Morgan fingerprint density at radius 2 is 1.33 bits per heavy atom. The van der Waals surface area contributed by atoms with Gasteiger partial charge in [-0.3, -0.25) is 0 Å². The molecule has 1 aliphatic heterocycles. The summed E-state index contributed by atoms with van der Waals surface area (Å²) >= 11 is 0. The molecule has 3 heteroatoms. The first-order chi connectivity index (χ1) is 20.6. The van der Waals surface area contributed by atoms with Crippen molar-refractivity contribution in [3.8, 4) is 27.9 Å². The molecule has 2 aliphatic rings. The molecule has 2 nitrogen and oxygen atoms in total. The van der Waals surface area contributed by atoms with Crippen molar-refractivity contribution in [1.82, 2.24) is 4.57 Å². The summed E-state index contributed by atoms with van der Waals surface area (Å²) in [5, 5.41) is 6.50. The zero-order chi connectivity index (χ0) is 28.0. The lowest BCUT2D eigenvalue weighted by molar-refractivity contribution is 0.663. The lowest BCUT2D eigenvalue weighted by Crippen LogP contribution is -2.38. The summed E-state index contributed by atoms with van der Waals surface area (Å²) in [5.74, 6) is 0. The van der Waals surface area contributed by atoms with Gasteiger partial charge in [0.25, 0.3) is 0 Å². The van der Waals surface area contributed by atoms with E-state index in [1.165, 1.54) is 71.8 Å². The third-order valence-electron chi connectivity index (χ3n) is 9.56. The second kappa shape index (κ2) is 8.50. The summed E-state index contributed by atoms with van der Waals surface area (Å²) in [6.45, 7) is 4.84. The van der Waals surface area contributed by atoms with E-state index in [0.717, 1.165) is 18.7 Å². The number of fused-ring (bicyclic) bond motifs is 9. The molecule has 1 aliphatic carbocycles. The van der Waals surface area contributed by atoms with Crippen molar-refractivity contribution >= 4 is 51.4 Å². The van der Waals surface area contributed by atoms with E-state index in [-0.39, 0.29) is 5.41 Å². The fourth-order valence-electron chi connectivity index (χ4n) is 7.85. The zero-order valence-electron chi connectivity index (χ0n) is 23.8. The molecule has 1 N–H and O–H groups in total. The highest BCUT2D eigenvalue weighted by molar-refractivity contribution is 6.74. The van der Waals surface area contributed by atoms with Gasteiger partial charge in [-0.2, -0.15) is 0 Å². The highest BCUT2D eigenvalue weighted by Crippen LogP contribution is 2.56. The summed E-state index contributed by atoms with van der Waals surface area (Å²) in [6, 6.07) is 46.5. The van der Waals surface area contributed by atoms with Gasteiger partial charge < -0.3 is 9.88 Å². The van der Waals surface area contributed by atoms with Crippen molar-refractivity contribution in [3.63, 3.8) is 0 Å². The van der Waals surface area contributed by atoms with E-state index in [1.54, 1.807) is 0 Å². The lowest BCUT2D eigenvalue weighted by Gasteiger charge is -2.30. The van der Waals surface area contributed by atoms with Crippen LogP contribution in [-0.2, 0) is 5.41 Å². The smallest absolute Gasteiger partial charge is 0.198 e. The molecule has 6 aromatic carbocycles. The Bertz CT molecular complexity index is 2220. The van der Waals surface area contributed by atoms with Gasteiger partial charge in [0, 0.05) is 44.3 Å². The van der Waals surface area contributed by atoms with Crippen LogP contribution in [0.2, 0.25) is 0 Å². The molecule has 0 saturated heterocycles. The van der Waals surface area contributed by atoms with Gasteiger partial charge in [0.05, 0.1) is 5.52 Å². The number of anilines is 2. The van der Waals surface area contributed by atoms with Crippen LogP contribution in [0.3, 0.4) is 0 Å². The Hall–Kier alpha value is -5.02. The van der Waals surface area contributed by atoms with Crippen LogP contribution in [-0.4, -0.2) is 11.8 Å². The van der Waals surface area contributed by atoms with Crippen LogP contribution < -0.4 is 16.2 Å². The summed E-state index contributed by atoms with van der Waals surface area (Å²) in [4.78, 5) is 0. The number of nitrogens with zero attached hydrogens (tertiary/aromatic N) is 1. The SMILES string of the molecule is CC1(C)c2ccccc2-c2c1c(-c1ccccc1Nc1ccccc1)c1c3c2c2ccccc2n3-c2ccccc2B1. The van der Waals surface area contributed by atoms with Gasteiger partial charge in [0.15, 0.2) is 7.28 Å². The van der Waals surface area contributed by atoms with E-state index in [1.807, 2.05) is 0 Å². The first-order valence-electron chi connectivity index (χ1n) is 14.8. The van der Waals surface area contributed by atoms with Crippen LogP contribution >= 0.6 is 0 Å². The van der Waals surface area contributed by atoms with E-state index in [0.29, 0.717) is 0 Å². The van der Waals surface area contributed by atoms with Gasteiger partial charge in [0.1, 0.15) is 0 Å². The van der Waals surface area contributed by atoms with Crippen molar-refractivity contribution < 1.29 is 0 Å². The fourth-order valence-corrected chi connectivity index (χ4v) is 7.85. The van der Waals surface area contributed by atoms with E-state index < -0.39 is 0 Å². The Labute approximate surface area is 246 Å². The highest BCUT2D eigenvalue weighted by atomic mass is 15.0. The molecule has 7 aromatic rings. The predicted molar refractivity (Wildman–Crippen MR) is 180 cm³/mol. The summed E-state index contributed by atoms with van der Waals surface area (Å²) in [6.07, 6.45) is 0. The van der Waals surface area contributed by atoms with Crippen molar-refractivity contribution in [1.29, 1.82) is 0 Å². The van der Waals surface area contributed by atoms with Crippen molar-refractivity contribution in [2.75, 3.05) is 5.32 Å². The first kappa shape index (κ1) is 23.7. The largest absolute Gasteiger partial charge is 0.355 e. The number of nitrogens with one attached hydrogen (secondary N) is 1. The molecule has 0 saturated carbocycles. The van der Waals surface area contributed by atoms with Crippen LogP contribution in [0.1, 0.15) is 25.0 Å². The molecule has 0 fully saturated rings. The first-order valence-corrected chi connectivity index (χ1v) is 14.8. The number of hydrogen-bond donors (Lipinski definition) is 1. The number of hydrogen-bond acceptors (Lipinski definition) is 1. The molecule has 0 amide bonds. The van der Waals surface area contributed by atoms with Crippen LogP contribution in [0.5, 0.6) is 0 Å². The molecule has 0 unspecified atom stereocenters. The molecule has 2 heterocycles. The molecule has 0 spiro atoms. The number of para-hydroxylation sites is 4. The lowest BCUT2D eigenvalue weighted by atomic mass is 9.57. The summed E-state index contributed by atoms with van der Waals surface area (Å²) in [7, 11) is 0.901. The predicted octanol–water partition coefficient (Wildman–Crippen LogP) is 8.20. The quantitative estimate of drug-likeness (QED) is 0.225. The molecule has 42 heavy (non-hydrogen) atoms. The number of aromatic nitrogens is 1. The molecular formula is C39H29BN2. The molecule has 1 aromatic heterocycles. The minimum Gasteiger partial charge on any atom is -0.355 e. The standard InChI is InChI=1S/C39H29BN2/c1-39(2)28-19-9-6-16-25(28)33-34-27-18-8-12-22-31(27)42-32-23-13-10-20-29(32)40-37(38(34)42)35(36(33)39)26-17-7-11-21-30(26)41-24-14-4-3-5-15-24/h3-23,40-41H,1-2H3. The van der Waals surface area contributed by atoms with Gasteiger partial charge in [-0.25, -0.2) is 0 Å². The van der Waals surface area contributed by atoms with Gasteiger partial charge in [0.2, 0.25) is 0 Å². The summed E-state index contributed by atoms with van der Waals surface area (Å²) in [5.41, 5.74) is 17.0. The van der Waals surface area contributed by atoms with E-state index >= 15 is 0 Å². The number of rotatable bonds is 3. The molecule has 0 radical (unpaired) electrons. The third-order valence-corrected chi connectivity index (χ3v) is 9.56. The Morgan fingerprint density at radius 1 is 0.643 bits per heavy atom. The van der Waals surface area contributed by atoms with Gasteiger partial charge in [-0.1, -0.05) is 116 Å². The Balaban J connectivity index is 1.50. The second-order valence-corrected chi connectivity index (χ2v) is 12.2. The third kappa shape index (κ3) is 3.06. The fraction of sp³-hybridized carbons (Fsp3) is 0.0769. The Morgan fingerprint density at radius 3 is 2.21 bits per heavy atom. The number of benzene rings is 6. The van der Waals surface area contributed by atoms with Crippen molar-refractivity contribution in [3.05, 3.63) is 139 Å². The highest BCUT2D eigenvalue weighted by Gasteiger charge is 2.42. The maximum Gasteiger partial charge on any atom is 0.198 e. The van der Waals surface area contributed by atoms with Crippen molar-refractivity contribution in [2.24, 2.45) is 0 Å². The maximum absolute atomic E-state index is 3.78. The second-order valence-electron chi connectivity index (χ2n) is 12.2. The van der Waals surface area contributed by atoms with Crippen LogP contribution in [0.15, 0.2) is 127 Å². The van der Waals surface area contributed by atoms with Crippen molar-refractivity contribution in [2.45, 2.75) is 19.3 Å². The topological polar surface area (TPSA) is 17.0 Å². The van der Waals surface area contributed by atoms with Crippen LogP contribution in [0, 0.1) is 0 Å². The van der Waals surface area contributed by atoms with Crippen LogP contribution in [0.4, 0.5) is 11.4 Å².